The number of anilines is 1. The highest BCUT2D eigenvalue weighted by atomic mass is 16.1. The van der Waals surface area contributed by atoms with Crippen molar-refractivity contribution in [2.75, 3.05) is 5.32 Å². The Bertz CT molecular complexity index is 738. The molecule has 0 radical (unpaired) electrons. The molecule has 2 aromatic heterocycles. The van der Waals surface area contributed by atoms with Crippen molar-refractivity contribution in [2.45, 2.75) is 64.5 Å². The Morgan fingerprint density at radius 2 is 1.96 bits per heavy atom. The Kier molecular flexibility index (Phi) is 3.47. The fraction of sp³-hybridized carbons (Fsp3) is 0.588. The molecule has 1 atom stereocenters. The Balaban J connectivity index is 1.76. The van der Waals surface area contributed by atoms with Gasteiger partial charge in [0.1, 0.15) is 5.82 Å². The number of nitrogens with one attached hydrogen (secondary N) is 1. The number of fused-ring (bicyclic) bond motifs is 1. The van der Waals surface area contributed by atoms with E-state index in [1.54, 1.807) is 0 Å². The Hall–Kier alpha value is -2.11. The van der Waals surface area contributed by atoms with Gasteiger partial charge in [0.05, 0.1) is 18.4 Å². The lowest BCUT2D eigenvalue weighted by molar-refractivity contribution is -0.116. The van der Waals surface area contributed by atoms with E-state index in [1.165, 1.54) is 12.8 Å². The van der Waals surface area contributed by atoms with Gasteiger partial charge in [0, 0.05) is 35.7 Å². The van der Waals surface area contributed by atoms with Crippen LogP contribution in [0.1, 0.15) is 67.8 Å². The highest BCUT2D eigenvalue weighted by Crippen LogP contribution is 2.41. The molecule has 1 saturated carbocycles. The monoisotopic (exact) mass is 313 g/mol. The van der Waals surface area contributed by atoms with E-state index in [0.717, 1.165) is 42.0 Å². The predicted molar refractivity (Wildman–Crippen MR) is 87.5 cm³/mol. The van der Waals surface area contributed by atoms with Crippen LogP contribution in [0.4, 0.5) is 5.82 Å². The van der Waals surface area contributed by atoms with Crippen molar-refractivity contribution in [1.29, 1.82) is 0 Å². The van der Waals surface area contributed by atoms with Crippen molar-refractivity contribution in [3.05, 3.63) is 29.2 Å². The molecule has 3 heterocycles. The van der Waals surface area contributed by atoms with Crippen LogP contribution in [0, 0.1) is 6.92 Å². The number of carbonyl (C=O) groups is 1. The molecule has 2 aliphatic rings. The summed E-state index contributed by atoms with van der Waals surface area (Å²) in [5.74, 6) is 1.04. The molecule has 1 N–H and O–H groups in total. The van der Waals surface area contributed by atoms with E-state index in [1.807, 2.05) is 21.8 Å². The van der Waals surface area contributed by atoms with Crippen LogP contribution >= 0.6 is 0 Å². The van der Waals surface area contributed by atoms with Crippen LogP contribution in [0.25, 0.3) is 0 Å². The number of rotatable bonds is 3. The Labute approximate surface area is 135 Å². The van der Waals surface area contributed by atoms with E-state index in [9.17, 15) is 4.79 Å². The first-order chi connectivity index (χ1) is 11.2. The van der Waals surface area contributed by atoms with Gasteiger partial charge in [0.2, 0.25) is 5.91 Å². The first kappa shape index (κ1) is 14.5. The molecular weight excluding hydrogens is 290 g/mol. The van der Waals surface area contributed by atoms with Gasteiger partial charge < -0.3 is 5.32 Å². The zero-order chi connectivity index (χ0) is 16.0. The van der Waals surface area contributed by atoms with Crippen LogP contribution in [0.3, 0.4) is 0 Å². The van der Waals surface area contributed by atoms with Gasteiger partial charge in [0.25, 0.3) is 0 Å². The number of carbonyl (C=O) groups excluding carboxylic acids is 1. The summed E-state index contributed by atoms with van der Waals surface area (Å²) in [4.78, 5) is 12.3. The number of nitrogens with zero attached hydrogens (tertiary/aromatic N) is 4. The number of hydrogen-bond acceptors (Lipinski definition) is 3. The molecule has 6 heteroatoms. The van der Waals surface area contributed by atoms with Crippen LogP contribution in [-0.2, 0) is 11.3 Å². The molecule has 1 unspecified atom stereocenters. The fourth-order valence-electron chi connectivity index (χ4n) is 4.06. The van der Waals surface area contributed by atoms with E-state index in [2.05, 4.69) is 29.4 Å². The summed E-state index contributed by atoms with van der Waals surface area (Å²) in [6.45, 7) is 5.01. The summed E-state index contributed by atoms with van der Waals surface area (Å²) in [5, 5.41) is 12.1. The molecule has 4 rings (SSSR count). The highest BCUT2D eigenvalue weighted by Gasteiger charge is 2.33. The van der Waals surface area contributed by atoms with Gasteiger partial charge in [-0.15, -0.1) is 0 Å². The molecule has 1 aliphatic heterocycles. The second kappa shape index (κ2) is 5.51. The molecule has 23 heavy (non-hydrogen) atoms. The zero-order valence-corrected chi connectivity index (χ0v) is 13.7. The van der Waals surface area contributed by atoms with Gasteiger partial charge >= 0.3 is 0 Å². The zero-order valence-electron chi connectivity index (χ0n) is 13.7. The summed E-state index contributed by atoms with van der Waals surface area (Å²) in [5.41, 5.74) is 3.43. The molecule has 2 aromatic rings. The summed E-state index contributed by atoms with van der Waals surface area (Å²) in [6, 6.07) is 0.428. The smallest absolute Gasteiger partial charge is 0.226 e. The largest absolute Gasteiger partial charge is 0.311 e. The van der Waals surface area contributed by atoms with Gasteiger partial charge in [-0.3, -0.25) is 9.48 Å². The van der Waals surface area contributed by atoms with Crippen LogP contribution in [0.15, 0.2) is 12.4 Å². The summed E-state index contributed by atoms with van der Waals surface area (Å²) in [6.07, 6.45) is 9.14. The van der Waals surface area contributed by atoms with Gasteiger partial charge in [-0.2, -0.15) is 10.2 Å². The number of hydrogen-bond donors (Lipinski definition) is 1. The summed E-state index contributed by atoms with van der Waals surface area (Å²) in [7, 11) is 0. The minimum Gasteiger partial charge on any atom is -0.311 e. The van der Waals surface area contributed by atoms with Crippen LogP contribution in [0.2, 0.25) is 0 Å². The second-order valence-electron chi connectivity index (χ2n) is 6.64. The van der Waals surface area contributed by atoms with E-state index in [-0.39, 0.29) is 11.8 Å². The molecule has 122 valence electrons. The molecule has 0 bridgehead atoms. The summed E-state index contributed by atoms with van der Waals surface area (Å²) >= 11 is 0. The fourth-order valence-corrected chi connectivity index (χ4v) is 4.06. The highest BCUT2D eigenvalue weighted by molar-refractivity contribution is 5.94. The van der Waals surface area contributed by atoms with Crippen LogP contribution in [0.5, 0.6) is 0 Å². The van der Waals surface area contributed by atoms with Crippen molar-refractivity contribution < 1.29 is 4.79 Å². The maximum atomic E-state index is 12.3. The minimum absolute atomic E-state index is 0.0641. The molecule has 0 saturated heterocycles. The molecule has 1 aliphatic carbocycles. The molecule has 6 nitrogen and oxygen atoms in total. The first-order valence-electron chi connectivity index (χ1n) is 8.58. The van der Waals surface area contributed by atoms with Gasteiger partial charge in [-0.1, -0.05) is 12.8 Å². The second-order valence-corrected chi connectivity index (χ2v) is 6.64. The van der Waals surface area contributed by atoms with Crippen LogP contribution < -0.4 is 5.32 Å². The van der Waals surface area contributed by atoms with E-state index >= 15 is 0 Å². The number of aromatic nitrogens is 4. The summed E-state index contributed by atoms with van der Waals surface area (Å²) < 4.78 is 4.04. The normalized spacial score (nSPS) is 21.5. The Morgan fingerprint density at radius 1 is 1.22 bits per heavy atom. The predicted octanol–water partition coefficient (Wildman–Crippen LogP) is 3.00. The molecule has 0 spiro atoms. The van der Waals surface area contributed by atoms with Gasteiger partial charge in [0.15, 0.2) is 0 Å². The first-order valence-corrected chi connectivity index (χ1v) is 8.58. The minimum atomic E-state index is 0.0641. The third kappa shape index (κ3) is 2.28. The van der Waals surface area contributed by atoms with E-state index in [4.69, 9.17) is 0 Å². The average Bonchev–Trinajstić information content (AvgIpc) is 3.24. The van der Waals surface area contributed by atoms with Crippen molar-refractivity contribution in [2.24, 2.45) is 0 Å². The maximum absolute atomic E-state index is 12.3. The van der Waals surface area contributed by atoms with Crippen molar-refractivity contribution in [3.63, 3.8) is 0 Å². The lowest BCUT2D eigenvalue weighted by atomic mass is 9.87. The van der Waals surface area contributed by atoms with Gasteiger partial charge in [-0.05, 0) is 26.7 Å². The average molecular weight is 313 g/mol. The third-order valence-electron chi connectivity index (χ3n) is 5.33. The Morgan fingerprint density at radius 3 is 2.65 bits per heavy atom. The van der Waals surface area contributed by atoms with Crippen LogP contribution in [-0.4, -0.2) is 25.5 Å². The quantitative estimate of drug-likeness (QED) is 0.947. The SMILES string of the molecule is CCn1ncc(C2CC(=O)Nc3c2cnn3C2CCCC2)c1C. The standard InChI is InChI=1S/C17H23N5O/c1-3-21-11(2)14(9-18-21)13-8-16(23)20-17-15(13)10-19-22(17)12-6-4-5-7-12/h9-10,12-13H,3-8H2,1-2H3,(H,20,23). The lowest BCUT2D eigenvalue weighted by Gasteiger charge is -2.25. The van der Waals surface area contributed by atoms with Crippen molar-refractivity contribution in [1.82, 2.24) is 19.6 Å². The third-order valence-corrected chi connectivity index (χ3v) is 5.33. The lowest BCUT2D eigenvalue weighted by Crippen LogP contribution is -2.26. The van der Waals surface area contributed by atoms with E-state index < -0.39 is 0 Å². The molecular formula is C17H23N5O. The van der Waals surface area contributed by atoms with E-state index in [0.29, 0.717) is 12.5 Å². The maximum Gasteiger partial charge on any atom is 0.226 e. The van der Waals surface area contributed by atoms with Crippen molar-refractivity contribution in [3.8, 4) is 0 Å². The topological polar surface area (TPSA) is 64.7 Å². The van der Waals surface area contributed by atoms with Crippen molar-refractivity contribution >= 4 is 11.7 Å². The molecule has 0 aromatic carbocycles. The number of aryl methyl sites for hydroxylation is 1. The molecule has 1 fully saturated rings. The number of amides is 1. The molecule has 1 amide bonds. The van der Waals surface area contributed by atoms with Gasteiger partial charge in [-0.25, -0.2) is 4.68 Å².